The largest absolute Gasteiger partial charge is 0.355 e. The van der Waals surface area contributed by atoms with E-state index in [0.29, 0.717) is 19.4 Å². The highest BCUT2D eigenvalue weighted by Crippen LogP contribution is 2.19. The van der Waals surface area contributed by atoms with Gasteiger partial charge in [0.05, 0.1) is 11.4 Å². The van der Waals surface area contributed by atoms with Gasteiger partial charge in [0.15, 0.2) is 0 Å². The van der Waals surface area contributed by atoms with Crippen LogP contribution in [0.2, 0.25) is 5.02 Å². The Balaban J connectivity index is 0.00000243. The fourth-order valence-electron chi connectivity index (χ4n) is 2.76. The summed E-state index contributed by atoms with van der Waals surface area (Å²) in [5.41, 5.74) is 2.22. The number of carbonyl (C=O) groups excluding carboxylic acids is 1. The first kappa shape index (κ1) is 21.1. The standard InChI is InChI=1S/C18H23ClN4OS.ClH/c19-14-2-5-17(6-3-14)25-11-9-21-18(24)7-4-15-12-16-13-20-8-1-10-23(16)22-15;/h2-3,5-6,12,20H,1,4,7-11,13H2,(H,21,24);1H. The Kier molecular flexibility index (Phi) is 8.78. The lowest BCUT2D eigenvalue weighted by Gasteiger charge is -2.05. The van der Waals surface area contributed by atoms with Crippen LogP contribution in [0.5, 0.6) is 0 Å². The van der Waals surface area contributed by atoms with E-state index in [1.54, 1.807) is 11.8 Å². The van der Waals surface area contributed by atoms with Gasteiger partial charge < -0.3 is 10.6 Å². The van der Waals surface area contributed by atoms with E-state index in [9.17, 15) is 4.79 Å². The average molecular weight is 415 g/mol. The fourth-order valence-corrected chi connectivity index (χ4v) is 3.66. The van der Waals surface area contributed by atoms with Gasteiger partial charge in [-0.3, -0.25) is 9.48 Å². The minimum Gasteiger partial charge on any atom is -0.355 e. The van der Waals surface area contributed by atoms with Crippen LogP contribution in [0.3, 0.4) is 0 Å². The van der Waals surface area contributed by atoms with Gasteiger partial charge in [0, 0.05) is 48.1 Å². The highest BCUT2D eigenvalue weighted by atomic mass is 35.5. The van der Waals surface area contributed by atoms with E-state index in [1.165, 1.54) is 5.69 Å². The van der Waals surface area contributed by atoms with Gasteiger partial charge >= 0.3 is 0 Å². The number of aryl methyl sites for hydroxylation is 2. The van der Waals surface area contributed by atoms with Crippen molar-refractivity contribution < 1.29 is 4.79 Å². The lowest BCUT2D eigenvalue weighted by molar-refractivity contribution is -0.120. The molecular weight excluding hydrogens is 391 g/mol. The van der Waals surface area contributed by atoms with E-state index in [0.717, 1.165) is 47.4 Å². The van der Waals surface area contributed by atoms with Crippen LogP contribution < -0.4 is 10.6 Å². The maximum atomic E-state index is 12.0. The van der Waals surface area contributed by atoms with E-state index in [-0.39, 0.29) is 18.3 Å². The van der Waals surface area contributed by atoms with Gasteiger partial charge in [-0.2, -0.15) is 5.10 Å². The number of thioether (sulfide) groups is 1. The van der Waals surface area contributed by atoms with E-state index >= 15 is 0 Å². The lowest BCUT2D eigenvalue weighted by Crippen LogP contribution is -2.25. The zero-order valence-electron chi connectivity index (χ0n) is 14.5. The Morgan fingerprint density at radius 3 is 2.96 bits per heavy atom. The molecule has 2 aromatic rings. The number of amides is 1. The summed E-state index contributed by atoms with van der Waals surface area (Å²) < 4.78 is 2.07. The number of nitrogens with one attached hydrogen (secondary N) is 2. The normalized spacial score (nSPS) is 13.4. The first-order valence-electron chi connectivity index (χ1n) is 8.62. The van der Waals surface area contributed by atoms with E-state index in [4.69, 9.17) is 11.6 Å². The van der Waals surface area contributed by atoms with Gasteiger partial charge in [0.2, 0.25) is 5.91 Å². The fraction of sp³-hybridized carbons (Fsp3) is 0.444. The second-order valence-electron chi connectivity index (χ2n) is 6.03. The molecule has 1 aromatic heterocycles. The zero-order chi connectivity index (χ0) is 17.5. The maximum Gasteiger partial charge on any atom is 0.220 e. The number of halogens is 2. The number of hydrogen-bond donors (Lipinski definition) is 2. The third-order valence-corrected chi connectivity index (χ3v) is 5.32. The molecule has 8 heteroatoms. The molecule has 1 aliphatic heterocycles. The monoisotopic (exact) mass is 414 g/mol. The highest BCUT2D eigenvalue weighted by molar-refractivity contribution is 7.99. The van der Waals surface area contributed by atoms with Crippen LogP contribution in [0, 0.1) is 0 Å². The molecule has 0 aliphatic carbocycles. The zero-order valence-corrected chi connectivity index (χ0v) is 16.9. The molecule has 0 saturated heterocycles. The van der Waals surface area contributed by atoms with Crippen molar-refractivity contribution in [3.63, 3.8) is 0 Å². The SMILES string of the molecule is Cl.O=C(CCc1cc2n(n1)CCCNC2)NCCSc1ccc(Cl)cc1. The van der Waals surface area contributed by atoms with Gasteiger partial charge in [-0.15, -0.1) is 24.2 Å². The molecule has 1 amide bonds. The predicted octanol–water partition coefficient (Wildman–Crippen LogP) is 3.29. The smallest absolute Gasteiger partial charge is 0.220 e. The van der Waals surface area contributed by atoms with Crippen LogP contribution in [0.1, 0.15) is 24.2 Å². The number of fused-ring (bicyclic) bond motifs is 1. The molecule has 0 bridgehead atoms. The van der Waals surface area contributed by atoms with Crippen molar-refractivity contribution in [2.75, 3.05) is 18.8 Å². The van der Waals surface area contributed by atoms with Crippen molar-refractivity contribution in [2.45, 2.75) is 37.2 Å². The molecule has 0 saturated carbocycles. The van der Waals surface area contributed by atoms with Gasteiger partial charge in [0.1, 0.15) is 0 Å². The number of hydrogen-bond acceptors (Lipinski definition) is 4. The number of carbonyl (C=O) groups is 1. The molecule has 5 nitrogen and oxygen atoms in total. The molecular formula is C18H24Cl2N4OS. The summed E-state index contributed by atoms with van der Waals surface area (Å²) in [5.74, 6) is 0.927. The Labute approximate surface area is 169 Å². The van der Waals surface area contributed by atoms with Gasteiger partial charge in [0.25, 0.3) is 0 Å². The summed E-state index contributed by atoms with van der Waals surface area (Å²) >= 11 is 7.57. The van der Waals surface area contributed by atoms with E-state index in [1.807, 2.05) is 24.3 Å². The van der Waals surface area contributed by atoms with Crippen molar-refractivity contribution in [2.24, 2.45) is 0 Å². The van der Waals surface area contributed by atoms with Gasteiger partial charge in [-0.05, 0) is 43.3 Å². The molecule has 1 aromatic carbocycles. The Morgan fingerprint density at radius 1 is 1.35 bits per heavy atom. The van der Waals surface area contributed by atoms with Crippen LogP contribution in [-0.4, -0.2) is 34.5 Å². The minimum atomic E-state index is 0. The second-order valence-corrected chi connectivity index (χ2v) is 7.64. The predicted molar refractivity (Wildman–Crippen MR) is 109 cm³/mol. The van der Waals surface area contributed by atoms with Crippen molar-refractivity contribution in [1.82, 2.24) is 20.4 Å². The van der Waals surface area contributed by atoms with Crippen molar-refractivity contribution in [3.05, 3.63) is 46.7 Å². The Morgan fingerprint density at radius 2 is 2.15 bits per heavy atom. The van der Waals surface area contributed by atoms with Crippen molar-refractivity contribution in [3.8, 4) is 0 Å². The molecule has 0 unspecified atom stereocenters. The summed E-state index contributed by atoms with van der Waals surface area (Å²) in [7, 11) is 0. The summed E-state index contributed by atoms with van der Waals surface area (Å²) in [4.78, 5) is 13.1. The summed E-state index contributed by atoms with van der Waals surface area (Å²) in [6, 6.07) is 9.86. The number of rotatable bonds is 7. The molecule has 0 radical (unpaired) electrons. The topological polar surface area (TPSA) is 59.0 Å². The molecule has 3 rings (SSSR count). The van der Waals surface area contributed by atoms with Crippen LogP contribution in [-0.2, 0) is 24.3 Å². The number of nitrogens with zero attached hydrogens (tertiary/aromatic N) is 2. The van der Waals surface area contributed by atoms with Crippen LogP contribution in [0.15, 0.2) is 35.2 Å². The quantitative estimate of drug-likeness (QED) is 0.538. The third kappa shape index (κ3) is 6.50. The first-order valence-corrected chi connectivity index (χ1v) is 9.98. The molecule has 0 fully saturated rings. The average Bonchev–Trinajstić information content (AvgIpc) is 2.88. The van der Waals surface area contributed by atoms with Crippen LogP contribution in [0.4, 0.5) is 0 Å². The van der Waals surface area contributed by atoms with Crippen LogP contribution in [0.25, 0.3) is 0 Å². The molecule has 26 heavy (non-hydrogen) atoms. The van der Waals surface area contributed by atoms with Crippen LogP contribution >= 0.6 is 35.8 Å². The van der Waals surface area contributed by atoms with Crippen molar-refractivity contribution in [1.29, 1.82) is 0 Å². The molecule has 0 spiro atoms. The molecule has 2 heterocycles. The molecule has 0 atom stereocenters. The third-order valence-electron chi connectivity index (χ3n) is 4.06. The lowest BCUT2D eigenvalue weighted by atomic mass is 10.2. The second kappa shape index (κ2) is 10.8. The minimum absolute atomic E-state index is 0. The Hall–Kier alpha value is -1.21. The molecule has 1 aliphatic rings. The summed E-state index contributed by atoms with van der Waals surface area (Å²) in [5, 5.41) is 11.7. The molecule has 142 valence electrons. The van der Waals surface area contributed by atoms with E-state index in [2.05, 4.69) is 26.5 Å². The highest BCUT2D eigenvalue weighted by Gasteiger charge is 2.11. The summed E-state index contributed by atoms with van der Waals surface area (Å²) in [6.45, 7) is 3.52. The van der Waals surface area contributed by atoms with Gasteiger partial charge in [-0.1, -0.05) is 11.6 Å². The molecule has 2 N–H and O–H groups in total. The van der Waals surface area contributed by atoms with Crippen molar-refractivity contribution >= 4 is 41.7 Å². The maximum absolute atomic E-state index is 12.0. The van der Waals surface area contributed by atoms with Gasteiger partial charge in [-0.25, -0.2) is 0 Å². The summed E-state index contributed by atoms with van der Waals surface area (Å²) in [6.07, 6.45) is 2.27. The Bertz CT molecular complexity index is 682. The number of benzene rings is 1. The first-order chi connectivity index (χ1) is 12.2. The van der Waals surface area contributed by atoms with E-state index < -0.39 is 0 Å². The number of aromatic nitrogens is 2.